The standard InChI is InChI=1S/C16H18N2O2/c1-12-4-3-5-13(2)16(12)20-11-15(19)18-10-14-6-8-17-9-7-14/h3-9H,10-11H2,1-2H3,(H,18,19). The Kier molecular flexibility index (Phi) is 4.71. The van der Waals surface area contributed by atoms with Crippen molar-refractivity contribution in [2.75, 3.05) is 6.61 Å². The molecule has 0 spiro atoms. The fourth-order valence-corrected chi connectivity index (χ4v) is 1.92. The first-order valence-electron chi connectivity index (χ1n) is 6.51. The number of rotatable bonds is 5. The van der Waals surface area contributed by atoms with E-state index in [0.29, 0.717) is 6.54 Å². The fourth-order valence-electron chi connectivity index (χ4n) is 1.92. The Morgan fingerprint density at radius 3 is 2.45 bits per heavy atom. The minimum Gasteiger partial charge on any atom is -0.483 e. The van der Waals surface area contributed by atoms with Crippen LogP contribution in [0.25, 0.3) is 0 Å². The van der Waals surface area contributed by atoms with Gasteiger partial charge in [0.2, 0.25) is 0 Å². The molecule has 1 N–H and O–H groups in total. The van der Waals surface area contributed by atoms with Gasteiger partial charge in [-0.05, 0) is 42.7 Å². The first-order chi connectivity index (χ1) is 9.66. The Bertz CT molecular complexity index is 562. The summed E-state index contributed by atoms with van der Waals surface area (Å²) in [5, 5.41) is 2.82. The summed E-state index contributed by atoms with van der Waals surface area (Å²) in [5.74, 6) is 0.649. The number of carbonyl (C=O) groups is 1. The van der Waals surface area contributed by atoms with Gasteiger partial charge in [0.1, 0.15) is 5.75 Å². The monoisotopic (exact) mass is 270 g/mol. The lowest BCUT2D eigenvalue weighted by molar-refractivity contribution is -0.123. The van der Waals surface area contributed by atoms with Crippen molar-refractivity contribution in [1.82, 2.24) is 10.3 Å². The van der Waals surface area contributed by atoms with E-state index in [4.69, 9.17) is 4.74 Å². The van der Waals surface area contributed by atoms with E-state index in [-0.39, 0.29) is 12.5 Å². The van der Waals surface area contributed by atoms with Crippen LogP contribution in [-0.4, -0.2) is 17.5 Å². The summed E-state index contributed by atoms with van der Waals surface area (Å²) in [7, 11) is 0. The molecule has 0 saturated carbocycles. The van der Waals surface area contributed by atoms with E-state index < -0.39 is 0 Å². The number of aromatic nitrogens is 1. The second-order valence-electron chi connectivity index (χ2n) is 4.64. The first kappa shape index (κ1) is 14.1. The normalized spacial score (nSPS) is 10.1. The molecule has 2 aromatic rings. The number of nitrogens with zero attached hydrogens (tertiary/aromatic N) is 1. The van der Waals surface area contributed by atoms with Gasteiger partial charge in [0, 0.05) is 18.9 Å². The second-order valence-corrected chi connectivity index (χ2v) is 4.64. The van der Waals surface area contributed by atoms with Crippen LogP contribution in [0.2, 0.25) is 0 Å². The summed E-state index contributed by atoms with van der Waals surface area (Å²) < 4.78 is 5.59. The van der Waals surface area contributed by atoms with Crippen LogP contribution >= 0.6 is 0 Å². The van der Waals surface area contributed by atoms with Crippen molar-refractivity contribution in [3.05, 3.63) is 59.4 Å². The third kappa shape index (κ3) is 3.82. The predicted molar refractivity (Wildman–Crippen MR) is 77.5 cm³/mol. The zero-order valence-corrected chi connectivity index (χ0v) is 11.7. The average Bonchev–Trinajstić information content (AvgIpc) is 2.46. The third-order valence-electron chi connectivity index (χ3n) is 3.00. The van der Waals surface area contributed by atoms with Crippen LogP contribution in [0, 0.1) is 13.8 Å². The minimum absolute atomic E-state index is 0.0246. The van der Waals surface area contributed by atoms with Crippen molar-refractivity contribution in [3.8, 4) is 5.75 Å². The summed E-state index contributed by atoms with van der Waals surface area (Å²) in [6.45, 7) is 4.45. The molecule has 104 valence electrons. The lowest BCUT2D eigenvalue weighted by Gasteiger charge is -2.11. The molecule has 1 aromatic carbocycles. The Morgan fingerprint density at radius 1 is 1.15 bits per heavy atom. The van der Waals surface area contributed by atoms with E-state index in [1.165, 1.54) is 0 Å². The molecule has 4 heteroatoms. The molecule has 0 aliphatic heterocycles. The van der Waals surface area contributed by atoms with E-state index >= 15 is 0 Å². The number of ether oxygens (including phenoxy) is 1. The number of hydrogen-bond acceptors (Lipinski definition) is 3. The zero-order valence-electron chi connectivity index (χ0n) is 11.7. The zero-order chi connectivity index (χ0) is 14.4. The van der Waals surface area contributed by atoms with Crippen molar-refractivity contribution < 1.29 is 9.53 Å². The van der Waals surface area contributed by atoms with Crippen LogP contribution in [0.5, 0.6) is 5.75 Å². The van der Waals surface area contributed by atoms with E-state index in [1.807, 2.05) is 44.2 Å². The fraction of sp³-hybridized carbons (Fsp3) is 0.250. The SMILES string of the molecule is Cc1cccc(C)c1OCC(=O)NCc1ccncc1. The van der Waals surface area contributed by atoms with Gasteiger partial charge in [-0.3, -0.25) is 9.78 Å². The number of amides is 1. The summed E-state index contributed by atoms with van der Waals surface area (Å²) in [6.07, 6.45) is 3.41. The number of carbonyl (C=O) groups excluding carboxylic acids is 1. The molecular weight excluding hydrogens is 252 g/mol. The number of pyridine rings is 1. The van der Waals surface area contributed by atoms with Gasteiger partial charge < -0.3 is 10.1 Å². The smallest absolute Gasteiger partial charge is 0.258 e. The molecule has 20 heavy (non-hydrogen) atoms. The second kappa shape index (κ2) is 6.70. The maximum absolute atomic E-state index is 11.8. The van der Waals surface area contributed by atoms with Crippen molar-refractivity contribution >= 4 is 5.91 Å². The third-order valence-corrected chi connectivity index (χ3v) is 3.00. The van der Waals surface area contributed by atoms with Gasteiger partial charge in [-0.15, -0.1) is 0 Å². The van der Waals surface area contributed by atoms with Gasteiger partial charge in [-0.2, -0.15) is 0 Å². The number of nitrogens with one attached hydrogen (secondary N) is 1. The molecule has 0 saturated heterocycles. The maximum atomic E-state index is 11.8. The lowest BCUT2D eigenvalue weighted by atomic mass is 10.1. The molecule has 0 unspecified atom stereocenters. The summed E-state index contributed by atoms with van der Waals surface area (Å²) >= 11 is 0. The van der Waals surface area contributed by atoms with Gasteiger partial charge in [0.25, 0.3) is 5.91 Å². The van der Waals surface area contributed by atoms with Crippen molar-refractivity contribution in [3.63, 3.8) is 0 Å². The molecule has 0 aliphatic carbocycles. The van der Waals surface area contributed by atoms with E-state index in [9.17, 15) is 4.79 Å². The first-order valence-corrected chi connectivity index (χ1v) is 6.51. The van der Waals surface area contributed by atoms with Crippen LogP contribution < -0.4 is 10.1 Å². The van der Waals surface area contributed by atoms with E-state index in [0.717, 1.165) is 22.4 Å². The topological polar surface area (TPSA) is 51.2 Å². The van der Waals surface area contributed by atoms with E-state index in [1.54, 1.807) is 12.4 Å². The Labute approximate surface area is 118 Å². The highest BCUT2D eigenvalue weighted by atomic mass is 16.5. The number of aryl methyl sites for hydroxylation is 2. The molecule has 4 nitrogen and oxygen atoms in total. The van der Waals surface area contributed by atoms with Crippen LogP contribution in [-0.2, 0) is 11.3 Å². The summed E-state index contributed by atoms with van der Waals surface area (Å²) in [4.78, 5) is 15.7. The van der Waals surface area contributed by atoms with Crippen LogP contribution in [0.15, 0.2) is 42.7 Å². The molecule has 0 aliphatic rings. The quantitative estimate of drug-likeness (QED) is 0.907. The van der Waals surface area contributed by atoms with Gasteiger partial charge in [-0.25, -0.2) is 0 Å². The van der Waals surface area contributed by atoms with Gasteiger partial charge in [0.15, 0.2) is 6.61 Å². The highest BCUT2D eigenvalue weighted by Gasteiger charge is 2.06. The van der Waals surface area contributed by atoms with Crippen LogP contribution in [0.3, 0.4) is 0 Å². The van der Waals surface area contributed by atoms with Gasteiger partial charge >= 0.3 is 0 Å². The number of benzene rings is 1. The molecule has 1 heterocycles. The predicted octanol–water partition coefficient (Wildman–Crippen LogP) is 2.39. The van der Waals surface area contributed by atoms with Crippen LogP contribution in [0.4, 0.5) is 0 Å². The number of para-hydroxylation sites is 1. The largest absolute Gasteiger partial charge is 0.483 e. The Morgan fingerprint density at radius 2 is 1.80 bits per heavy atom. The van der Waals surface area contributed by atoms with Gasteiger partial charge in [0.05, 0.1) is 0 Å². The van der Waals surface area contributed by atoms with Gasteiger partial charge in [-0.1, -0.05) is 18.2 Å². The molecular formula is C16H18N2O2. The summed E-state index contributed by atoms with van der Waals surface area (Å²) in [6, 6.07) is 9.65. The maximum Gasteiger partial charge on any atom is 0.258 e. The molecule has 2 rings (SSSR count). The Hall–Kier alpha value is -2.36. The summed E-state index contributed by atoms with van der Waals surface area (Å²) in [5.41, 5.74) is 3.08. The lowest BCUT2D eigenvalue weighted by Crippen LogP contribution is -2.28. The highest BCUT2D eigenvalue weighted by Crippen LogP contribution is 2.21. The number of hydrogen-bond donors (Lipinski definition) is 1. The minimum atomic E-state index is -0.135. The van der Waals surface area contributed by atoms with Crippen molar-refractivity contribution in [2.45, 2.75) is 20.4 Å². The molecule has 0 atom stereocenters. The molecule has 0 radical (unpaired) electrons. The highest BCUT2D eigenvalue weighted by molar-refractivity contribution is 5.77. The molecule has 0 fully saturated rings. The van der Waals surface area contributed by atoms with Crippen molar-refractivity contribution in [2.24, 2.45) is 0 Å². The molecule has 0 bridgehead atoms. The van der Waals surface area contributed by atoms with Crippen molar-refractivity contribution in [1.29, 1.82) is 0 Å². The molecule has 1 aromatic heterocycles. The van der Waals surface area contributed by atoms with E-state index in [2.05, 4.69) is 10.3 Å². The van der Waals surface area contributed by atoms with Crippen LogP contribution in [0.1, 0.15) is 16.7 Å². The molecule has 1 amide bonds. The average molecular weight is 270 g/mol. The Balaban J connectivity index is 1.84.